The number of hydrogen-bond acceptors (Lipinski definition) is 4. The number of aromatic nitrogens is 2. The molecule has 106 valence electrons. The Morgan fingerprint density at radius 2 is 1.79 bits per heavy atom. The first-order chi connectivity index (χ1) is 9.11. The number of anilines is 2. The fourth-order valence-electron chi connectivity index (χ4n) is 2.90. The van der Waals surface area contributed by atoms with Crippen molar-refractivity contribution in [1.29, 1.82) is 0 Å². The van der Waals surface area contributed by atoms with Crippen molar-refractivity contribution in [3.63, 3.8) is 0 Å². The van der Waals surface area contributed by atoms with Crippen LogP contribution in [0.15, 0.2) is 0 Å². The lowest BCUT2D eigenvalue weighted by Gasteiger charge is -2.23. The SMILES string of the molecule is CCNc1nc(C)nc(NC(C)C2CCCC2)c1C. The average Bonchev–Trinajstić information content (AvgIpc) is 2.89. The molecule has 1 aliphatic rings. The number of hydrogen-bond donors (Lipinski definition) is 2. The van der Waals surface area contributed by atoms with E-state index in [2.05, 4.69) is 41.4 Å². The maximum absolute atomic E-state index is 4.56. The molecule has 0 spiro atoms. The van der Waals surface area contributed by atoms with E-state index in [0.29, 0.717) is 6.04 Å². The van der Waals surface area contributed by atoms with Crippen LogP contribution in [0.3, 0.4) is 0 Å². The molecule has 0 radical (unpaired) electrons. The molecule has 19 heavy (non-hydrogen) atoms. The average molecular weight is 262 g/mol. The molecular formula is C15H26N4. The maximum Gasteiger partial charge on any atom is 0.134 e. The van der Waals surface area contributed by atoms with Crippen LogP contribution in [0.1, 0.15) is 50.9 Å². The van der Waals surface area contributed by atoms with E-state index in [0.717, 1.165) is 35.5 Å². The van der Waals surface area contributed by atoms with Gasteiger partial charge in [0.15, 0.2) is 0 Å². The van der Waals surface area contributed by atoms with Gasteiger partial charge in [-0.25, -0.2) is 9.97 Å². The summed E-state index contributed by atoms with van der Waals surface area (Å²) in [5.74, 6) is 3.55. The smallest absolute Gasteiger partial charge is 0.134 e. The van der Waals surface area contributed by atoms with Gasteiger partial charge in [0.2, 0.25) is 0 Å². The lowest BCUT2D eigenvalue weighted by molar-refractivity contribution is 0.481. The van der Waals surface area contributed by atoms with E-state index in [1.807, 2.05) is 6.92 Å². The van der Waals surface area contributed by atoms with Gasteiger partial charge in [-0.1, -0.05) is 12.8 Å². The van der Waals surface area contributed by atoms with Crippen LogP contribution in [-0.2, 0) is 0 Å². The van der Waals surface area contributed by atoms with Crippen molar-refractivity contribution in [2.24, 2.45) is 5.92 Å². The molecule has 1 aliphatic carbocycles. The van der Waals surface area contributed by atoms with Crippen molar-refractivity contribution in [1.82, 2.24) is 9.97 Å². The largest absolute Gasteiger partial charge is 0.370 e. The van der Waals surface area contributed by atoms with E-state index in [1.165, 1.54) is 25.7 Å². The van der Waals surface area contributed by atoms with Gasteiger partial charge in [0.1, 0.15) is 17.5 Å². The van der Waals surface area contributed by atoms with E-state index in [1.54, 1.807) is 0 Å². The third kappa shape index (κ3) is 3.37. The lowest BCUT2D eigenvalue weighted by atomic mass is 10.00. The lowest BCUT2D eigenvalue weighted by Crippen LogP contribution is -2.25. The summed E-state index contributed by atoms with van der Waals surface area (Å²) in [6.45, 7) is 9.28. The van der Waals surface area contributed by atoms with Gasteiger partial charge < -0.3 is 10.6 Å². The fraction of sp³-hybridized carbons (Fsp3) is 0.733. The highest BCUT2D eigenvalue weighted by Gasteiger charge is 2.22. The van der Waals surface area contributed by atoms with Gasteiger partial charge in [-0.3, -0.25) is 0 Å². The van der Waals surface area contributed by atoms with Crippen molar-refractivity contribution in [3.8, 4) is 0 Å². The summed E-state index contributed by atoms with van der Waals surface area (Å²) in [5, 5.41) is 6.91. The minimum atomic E-state index is 0.491. The van der Waals surface area contributed by atoms with Crippen molar-refractivity contribution in [2.45, 2.75) is 59.4 Å². The van der Waals surface area contributed by atoms with E-state index >= 15 is 0 Å². The highest BCUT2D eigenvalue weighted by atomic mass is 15.1. The molecule has 0 bridgehead atoms. The van der Waals surface area contributed by atoms with Crippen LogP contribution in [0.4, 0.5) is 11.6 Å². The van der Waals surface area contributed by atoms with Crippen LogP contribution in [0.5, 0.6) is 0 Å². The maximum atomic E-state index is 4.56. The number of rotatable bonds is 5. The summed E-state index contributed by atoms with van der Waals surface area (Å²) < 4.78 is 0. The Bertz CT molecular complexity index is 424. The van der Waals surface area contributed by atoms with Gasteiger partial charge in [-0.15, -0.1) is 0 Å². The molecule has 1 atom stereocenters. The first-order valence-electron chi connectivity index (χ1n) is 7.47. The highest BCUT2D eigenvalue weighted by molar-refractivity contribution is 5.57. The van der Waals surface area contributed by atoms with Crippen LogP contribution >= 0.6 is 0 Å². The quantitative estimate of drug-likeness (QED) is 0.852. The third-order valence-corrected chi connectivity index (χ3v) is 4.07. The first-order valence-corrected chi connectivity index (χ1v) is 7.47. The van der Waals surface area contributed by atoms with Crippen molar-refractivity contribution >= 4 is 11.6 Å². The van der Waals surface area contributed by atoms with E-state index in [-0.39, 0.29) is 0 Å². The molecule has 0 aromatic carbocycles. The predicted octanol–water partition coefficient (Wildman–Crippen LogP) is 3.52. The molecule has 2 N–H and O–H groups in total. The molecule has 4 heteroatoms. The predicted molar refractivity (Wildman–Crippen MR) is 80.7 cm³/mol. The monoisotopic (exact) mass is 262 g/mol. The Kier molecular flexibility index (Phi) is 4.61. The third-order valence-electron chi connectivity index (χ3n) is 4.07. The normalized spacial score (nSPS) is 17.5. The van der Waals surface area contributed by atoms with Gasteiger partial charge in [-0.05, 0) is 46.5 Å². The van der Waals surface area contributed by atoms with Crippen molar-refractivity contribution in [2.75, 3.05) is 17.2 Å². The Hall–Kier alpha value is -1.32. The zero-order valence-corrected chi connectivity index (χ0v) is 12.6. The van der Waals surface area contributed by atoms with Gasteiger partial charge in [0, 0.05) is 18.2 Å². The Morgan fingerprint density at radius 1 is 1.16 bits per heavy atom. The van der Waals surface area contributed by atoms with Gasteiger partial charge in [-0.2, -0.15) is 0 Å². The number of nitrogens with zero attached hydrogens (tertiary/aromatic N) is 2. The molecule has 0 aliphatic heterocycles. The molecule has 1 fully saturated rings. The molecule has 1 aromatic heterocycles. The molecule has 0 amide bonds. The van der Waals surface area contributed by atoms with Gasteiger partial charge >= 0.3 is 0 Å². The van der Waals surface area contributed by atoms with Crippen LogP contribution in [-0.4, -0.2) is 22.6 Å². The fourth-order valence-corrected chi connectivity index (χ4v) is 2.90. The minimum absolute atomic E-state index is 0.491. The Balaban J connectivity index is 2.14. The first kappa shape index (κ1) is 14.1. The second-order valence-corrected chi connectivity index (χ2v) is 5.60. The van der Waals surface area contributed by atoms with Crippen LogP contribution in [0, 0.1) is 19.8 Å². The van der Waals surface area contributed by atoms with Crippen molar-refractivity contribution < 1.29 is 0 Å². The molecule has 1 saturated carbocycles. The van der Waals surface area contributed by atoms with E-state index in [9.17, 15) is 0 Å². The highest BCUT2D eigenvalue weighted by Crippen LogP contribution is 2.30. The standard InChI is InChI=1S/C15H26N4/c1-5-16-14-10(2)15(19-12(4)18-14)17-11(3)13-8-6-7-9-13/h11,13H,5-9H2,1-4H3,(H2,16,17,18,19). The van der Waals surface area contributed by atoms with Crippen LogP contribution in [0.25, 0.3) is 0 Å². The van der Waals surface area contributed by atoms with Crippen LogP contribution < -0.4 is 10.6 Å². The summed E-state index contributed by atoms with van der Waals surface area (Å²) in [7, 11) is 0. The zero-order chi connectivity index (χ0) is 13.8. The molecular weight excluding hydrogens is 236 g/mol. The van der Waals surface area contributed by atoms with Gasteiger partial charge in [0.05, 0.1) is 0 Å². The minimum Gasteiger partial charge on any atom is -0.370 e. The van der Waals surface area contributed by atoms with E-state index in [4.69, 9.17) is 0 Å². The summed E-state index contributed by atoms with van der Waals surface area (Å²) in [6, 6.07) is 0.491. The topological polar surface area (TPSA) is 49.8 Å². The number of nitrogens with one attached hydrogen (secondary N) is 2. The zero-order valence-electron chi connectivity index (χ0n) is 12.6. The van der Waals surface area contributed by atoms with Gasteiger partial charge in [0.25, 0.3) is 0 Å². The van der Waals surface area contributed by atoms with E-state index < -0.39 is 0 Å². The summed E-state index contributed by atoms with van der Waals surface area (Å²) >= 11 is 0. The summed E-state index contributed by atoms with van der Waals surface area (Å²) in [4.78, 5) is 9.03. The van der Waals surface area contributed by atoms with Crippen molar-refractivity contribution in [3.05, 3.63) is 11.4 Å². The second-order valence-electron chi connectivity index (χ2n) is 5.60. The summed E-state index contributed by atoms with van der Waals surface area (Å²) in [6.07, 6.45) is 5.44. The molecule has 2 rings (SSSR count). The number of aryl methyl sites for hydroxylation is 1. The molecule has 0 saturated heterocycles. The molecule has 4 nitrogen and oxygen atoms in total. The molecule has 1 heterocycles. The summed E-state index contributed by atoms with van der Waals surface area (Å²) in [5.41, 5.74) is 1.12. The second kappa shape index (κ2) is 6.22. The Labute approximate surface area is 116 Å². The van der Waals surface area contributed by atoms with Crippen LogP contribution in [0.2, 0.25) is 0 Å². The Morgan fingerprint density at radius 3 is 2.42 bits per heavy atom. The molecule has 1 aromatic rings. The molecule has 1 unspecified atom stereocenters.